The number of pyridine rings is 1. The van der Waals surface area contributed by atoms with Gasteiger partial charge in [-0.15, -0.1) is 0 Å². The van der Waals surface area contributed by atoms with Crippen molar-refractivity contribution in [2.75, 3.05) is 0 Å². The fourth-order valence-corrected chi connectivity index (χ4v) is 1.11. The molecule has 0 aliphatic rings. The Hall–Kier alpha value is -1.77. The van der Waals surface area contributed by atoms with Gasteiger partial charge in [-0.25, -0.2) is 9.97 Å². The van der Waals surface area contributed by atoms with Crippen LogP contribution in [0.3, 0.4) is 0 Å². The Morgan fingerprint density at radius 3 is 2.54 bits per heavy atom. The molecule has 0 radical (unpaired) electrons. The second-order valence-corrected chi connectivity index (χ2v) is 2.70. The van der Waals surface area contributed by atoms with Crippen LogP contribution in [0.25, 0.3) is 0 Å². The lowest BCUT2D eigenvalue weighted by atomic mass is 10.2. The molecule has 0 aromatic carbocycles. The van der Waals surface area contributed by atoms with Crippen molar-refractivity contribution in [1.82, 2.24) is 15.0 Å². The Kier molecular flexibility index (Phi) is 2.27. The zero-order valence-corrected chi connectivity index (χ0v) is 7.09. The van der Waals surface area contributed by atoms with E-state index in [-0.39, 0.29) is 0 Å². The highest BCUT2D eigenvalue weighted by Crippen LogP contribution is 2.01. The first-order valence-electron chi connectivity index (χ1n) is 4.10. The van der Waals surface area contributed by atoms with E-state index in [1.807, 2.05) is 24.4 Å². The molecule has 0 amide bonds. The van der Waals surface area contributed by atoms with Crippen molar-refractivity contribution in [2.24, 2.45) is 0 Å². The minimum absolute atomic E-state index is 0.745. The Bertz CT molecular complexity index is 321. The predicted octanol–water partition coefficient (Wildman–Crippen LogP) is 1.46. The van der Waals surface area contributed by atoms with Gasteiger partial charge in [-0.05, 0) is 17.7 Å². The minimum Gasteiger partial charge on any atom is -0.264 e. The van der Waals surface area contributed by atoms with Gasteiger partial charge in [0.05, 0.1) is 0 Å². The zero-order valence-electron chi connectivity index (χ0n) is 7.09. The third-order valence-corrected chi connectivity index (χ3v) is 1.70. The smallest absolute Gasteiger partial charge is 0.132 e. The summed E-state index contributed by atoms with van der Waals surface area (Å²) in [5.74, 6) is 0.829. The summed E-state index contributed by atoms with van der Waals surface area (Å²) in [4.78, 5) is 12.3. The minimum atomic E-state index is 0.745. The van der Waals surface area contributed by atoms with Gasteiger partial charge in [-0.3, -0.25) is 4.98 Å². The first-order valence-corrected chi connectivity index (χ1v) is 4.10. The third kappa shape index (κ3) is 2.08. The molecule has 0 aliphatic heterocycles. The maximum absolute atomic E-state index is 4.14. The molecule has 0 spiro atoms. The fraction of sp³-hybridized carbons (Fsp3) is 0.100. The molecule has 13 heavy (non-hydrogen) atoms. The highest BCUT2D eigenvalue weighted by atomic mass is 14.8. The Morgan fingerprint density at radius 2 is 1.85 bits per heavy atom. The van der Waals surface area contributed by atoms with E-state index in [9.17, 15) is 0 Å². The zero-order chi connectivity index (χ0) is 8.93. The third-order valence-electron chi connectivity index (χ3n) is 1.70. The summed E-state index contributed by atoms with van der Waals surface area (Å²) in [5.41, 5.74) is 1.13. The van der Waals surface area contributed by atoms with E-state index in [2.05, 4.69) is 15.0 Å². The maximum Gasteiger partial charge on any atom is 0.132 e. The first-order chi connectivity index (χ1) is 6.45. The molecule has 0 bridgehead atoms. The van der Waals surface area contributed by atoms with Gasteiger partial charge in [0.25, 0.3) is 0 Å². The molecule has 0 atom stereocenters. The van der Waals surface area contributed by atoms with E-state index in [0.29, 0.717) is 0 Å². The fourth-order valence-electron chi connectivity index (χ4n) is 1.11. The van der Waals surface area contributed by atoms with Crippen molar-refractivity contribution in [2.45, 2.75) is 6.42 Å². The van der Waals surface area contributed by atoms with E-state index >= 15 is 0 Å². The van der Waals surface area contributed by atoms with Gasteiger partial charge in [0.1, 0.15) is 5.82 Å². The Labute approximate surface area is 76.5 Å². The second-order valence-electron chi connectivity index (χ2n) is 2.70. The highest BCUT2D eigenvalue weighted by Gasteiger charge is 1.96. The summed E-state index contributed by atoms with van der Waals surface area (Å²) in [7, 11) is 0. The molecule has 0 saturated carbocycles. The monoisotopic (exact) mass is 171 g/mol. The van der Waals surface area contributed by atoms with Crippen molar-refractivity contribution in [3.63, 3.8) is 0 Å². The van der Waals surface area contributed by atoms with E-state index in [4.69, 9.17) is 0 Å². The summed E-state index contributed by atoms with van der Waals surface area (Å²) in [5, 5.41) is 0. The molecule has 64 valence electrons. The second kappa shape index (κ2) is 3.76. The predicted molar refractivity (Wildman–Crippen MR) is 49.1 cm³/mol. The van der Waals surface area contributed by atoms with Crippen LogP contribution >= 0.6 is 0 Å². The van der Waals surface area contributed by atoms with Crippen LogP contribution in [-0.4, -0.2) is 15.0 Å². The van der Waals surface area contributed by atoms with Crippen molar-refractivity contribution >= 4 is 0 Å². The van der Waals surface area contributed by atoms with E-state index in [1.54, 1.807) is 18.6 Å². The van der Waals surface area contributed by atoms with Crippen LogP contribution in [0.2, 0.25) is 0 Å². The quantitative estimate of drug-likeness (QED) is 0.686. The summed E-state index contributed by atoms with van der Waals surface area (Å²) >= 11 is 0. The van der Waals surface area contributed by atoms with Gasteiger partial charge < -0.3 is 0 Å². The number of nitrogens with zero attached hydrogens (tertiary/aromatic N) is 3. The van der Waals surface area contributed by atoms with Gasteiger partial charge in [0.15, 0.2) is 0 Å². The van der Waals surface area contributed by atoms with Crippen LogP contribution in [-0.2, 0) is 6.42 Å². The molecule has 2 heterocycles. The molecule has 0 fully saturated rings. The van der Waals surface area contributed by atoms with Crippen LogP contribution in [0, 0.1) is 0 Å². The van der Waals surface area contributed by atoms with Crippen LogP contribution in [0.4, 0.5) is 0 Å². The summed E-state index contributed by atoms with van der Waals surface area (Å²) in [6, 6.07) is 5.74. The summed E-state index contributed by atoms with van der Waals surface area (Å²) in [6.07, 6.45) is 7.83. The summed E-state index contributed by atoms with van der Waals surface area (Å²) in [6.45, 7) is 0. The molecule has 2 aromatic rings. The number of hydrogen-bond acceptors (Lipinski definition) is 3. The molecule has 0 N–H and O–H groups in total. The maximum atomic E-state index is 4.14. The standard InChI is InChI=1S/C10H9N3/c1-3-9(8-11-4-1)7-10-12-5-2-6-13-10/h1-6,8H,7H2. The lowest BCUT2D eigenvalue weighted by Gasteiger charge is -1.97. The van der Waals surface area contributed by atoms with Crippen molar-refractivity contribution < 1.29 is 0 Å². The van der Waals surface area contributed by atoms with Gasteiger partial charge >= 0.3 is 0 Å². The number of aromatic nitrogens is 3. The van der Waals surface area contributed by atoms with Gasteiger partial charge in [0.2, 0.25) is 0 Å². The van der Waals surface area contributed by atoms with E-state index < -0.39 is 0 Å². The van der Waals surface area contributed by atoms with Crippen molar-refractivity contribution in [3.05, 3.63) is 54.4 Å². The average Bonchev–Trinajstić information content (AvgIpc) is 2.21. The molecule has 2 aromatic heterocycles. The highest BCUT2D eigenvalue weighted by molar-refractivity contribution is 5.13. The van der Waals surface area contributed by atoms with Gasteiger partial charge in [0, 0.05) is 31.2 Å². The molecule has 0 unspecified atom stereocenters. The lowest BCUT2D eigenvalue weighted by Crippen LogP contribution is -1.94. The Balaban J connectivity index is 2.16. The van der Waals surface area contributed by atoms with Crippen molar-refractivity contribution in [1.29, 1.82) is 0 Å². The van der Waals surface area contributed by atoms with Crippen LogP contribution in [0.5, 0.6) is 0 Å². The largest absolute Gasteiger partial charge is 0.264 e. The van der Waals surface area contributed by atoms with Crippen LogP contribution in [0.15, 0.2) is 43.0 Å². The van der Waals surface area contributed by atoms with E-state index in [1.165, 1.54) is 0 Å². The molecule has 2 rings (SSSR count). The molecule has 3 heteroatoms. The molecular weight excluding hydrogens is 162 g/mol. The molecule has 0 saturated heterocycles. The van der Waals surface area contributed by atoms with Gasteiger partial charge in [-0.2, -0.15) is 0 Å². The average molecular weight is 171 g/mol. The lowest BCUT2D eigenvalue weighted by molar-refractivity contribution is 0.961. The summed E-state index contributed by atoms with van der Waals surface area (Å²) < 4.78 is 0. The van der Waals surface area contributed by atoms with Crippen LogP contribution < -0.4 is 0 Å². The molecular formula is C10H9N3. The van der Waals surface area contributed by atoms with Gasteiger partial charge in [-0.1, -0.05) is 6.07 Å². The van der Waals surface area contributed by atoms with E-state index in [0.717, 1.165) is 17.8 Å². The molecule has 0 aliphatic carbocycles. The Morgan fingerprint density at radius 1 is 1.00 bits per heavy atom. The SMILES string of the molecule is c1cnc(Cc2cccnc2)nc1. The number of rotatable bonds is 2. The van der Waals surface area contributed by atoms with Crippen molar-refractivity contribution in [3.8, 4) is 0 Å². The normalized spacial score (nSPS) is 9.85. The first kappa shape index (κ1) is 7.86. The molecule has 3 nitrogen and oxygen atoms in total. The van der Waals surface area contributed by atoms with Crippen LogP contribution in [0.1, 0.15) is 11.4 Å². The number of hydrogen-bond donors (Lipinski definition) is 0. The topological polar surface area (TPSA) is 38.7 Å².